The third kappa shape index (κ3) is 5.29. The number of ether oxygens (including phenoxy) is 2. The van der Waals surface area contributed by atoms with Gasteiger partial charge in [-0.1, -0.05) is 30.0 Å². The Morgan fingerprint density at radius 1 is 1.14 bits per heavy atom. The van der Waals surface area contributed by atoms with Gasteiger partial charge in [0.05, 0.1) is 18.6 Å². The van der Waals surface area contributed by atoms with Crippen molar-refractivity contribution in [1.82, 2.24) is 14.8 Å². The highest BCUT2D eigenvalue weighted by Gasteiger charge is 2.13. The zero-order valence-corrected chi connectivity index (χ0v) is 17.7. The largest absolute Gasteiger partial charge is 0.495 e. The third-order valence-corrected chi connectivity index (χ3v) is 5.51. The fourth-order valence-electron chi connectivity index (χ4n) is 2.61. The van der Waals surface area contributed by atoms with E-state index in [0.29, 0.717) is 29.0 Å². The van der Waals surface area contributed by atoms with Gasteiger partial charge in [-0.3, -0.25) is 4.79 Å². The Morgan fingerprint density at radius 3 is 2.69 bits per heavy atom. The number of thioether (sulfide) groups is 1. The molecular weight excluding hydrogens is 388 g/mol. The van der Waals surface area contributed by atoms with Gasteiger partial charge in [0.2, 0.25) is 5.91 Å². The van der Waals surface area contributed by atoms with Crippen molar-refractivity contribution in [1.29, 1.82) is 0 Å². The first kappa shape index (κ1) is 20.7. The van der Waals surface area contributed by atoms with Crippen LogP contribution in [0.25, 0.3) is 0 Å². The Hall–Kier alpha value is -3.00. The number of rotatable bonds is 8. The molecule has 0 bridgehead atoms. The molecule has 0 unspecified atom stereocenters. The number of aryl methyl sites for hydroxylation is 2. The fourth-order valence-corrected chi connectivity index (χ4v) is 3.34. The minimum Gasteiger partial charge on any atom is -0.495 e. The van der Waals surface area contributed by atoms with Crippen LogP contribution in [0, 0.1) is 13.8 Å². The van der Waals surface area contributed by atoms with Gasteiger partial charge in [-0.2, -0.15) is 0 Å². The monoisotopic (exact) mass is 412 g/mol. The number of nitrogens with zero attached hydrogens (tertiary/aromatic N) is 3. The van der Waals surface area contributed by atoms with E-state index in [1.54, 1.807) is 19.2 Å². The molecule has 0 radical (unpaired) electrons. The van der Waals surface area contributed by atoms with Crippen molar-refractivity contribution in [3.05, 3.63) is 59.4 Å². The fraction of sp³-hybridized carbons (Fsp3) is 0.286. The van der Waals surface area contributed by atoms with E-state index in [1.165, 1.54) is 22.9 Å². The summed E-state index contributed by atoms with van der Waals surface area (Å²) < 4.78 is 12.9. The molecule has 29 heavy (non-hydrogen) atoms. The minimum atomic E-state index is -0.143. The number of aromatic nitrogens is 3. The quantitative estimate of drug-likeness (QED) is 0.568. The van der Waals surface area contributed by atoms with Gasteiger partial charge in [0, 0.05) is 7.05 Å². The number of carbonyl (C=O) groups excluding carboxylic acids is 1. The maximum absolute atomic E-state index is 12.3. The van der Waals surface area contributed by atoms with Gasteiger partial charge in [-0.05, 0) is 49.2 Å². The summed E-state index contributed by atoms with van der Waals surface area (Å²) in [4.78, 5) is 12.3. The van der Waals surface area contributed by atoms with Crippen LogP contribution in [0.2, 0.25) is 0 Å². The van der Waals surface area contributed by atoms with E-state index in [-0.39, 0.29) is 11.7 Å². The van der Waals surface area contributed by atoms with Gasteiger partial charge in [-0.15, -0.1) is 10.2 Å². The molecule has 8 heteroatoms. The predicted octanol–water partition coefficient (Wildman–Crippen LogP) is 3.75. The summed E-state index contributed by atoms with van der Waals surface area (Å²) in [5, 5.41) is 11.8. The lowest BCUT2D eigenvalue weighted by atomic mass is 10.1. The van der Waals surface area contributed by atoms with Crippen molar-refractivity contribution in [3.8, 4) is 11.5 Å². The van der Waals surface area contributed by atoms with Crippen LogP contribution in [0.5, 0.6) is 11.5 Å². The summed E-state index contributed by atoms with van der Waals surface area (Å²) in [5.41, 5.74) is 3.04. The highest BCUT2D eigenvalue weighted by Crippen LogP contribution is 2.24. The Labute approximate surface area is 174 Å². The van der Waals surface area contributed by atoms with Gasteiger partial charge in [0.25, 0.3) is 0 Å². The molecule has 0 spiro atoms. The molecule has 1 N–H and O–H groups in total. The smallest absolute Gasteiger partial charge is 0.234 e. The highest BCUT2D eigenvalue weighted by atomic mass is 32.2. The SMILES string of the molecule is COc1ccccc1NC(=O)CSc1nnc(COc2ccc(C)c(C)c2)n1C. The average Bonchev–Trinajstić information content (AvgIpc) is 3.07. The van der Waals surface area contributed by atoms with E-state index in [9.17, 15) is 4.79 Å². The lowest BCUT2D eigenvalue weighted by Crippen LogP contribution is -2.15. The molecule has 1 aromatic heterocycles. The highest BCUT2D eigenvalue weighted by molar-refractivity contribution is 7.99. The predicted molar refractivity (Wildman–Crippen MR) is 114 cm³/mol. The van der Waals surface area contributed by atoms with Crippen LogP contribution in [0.15, 0.2) is 47.6 Å². The summed E-state index contributed by atoms with van der Waals surface area (Å²) in [6.45, 7) is 4.42. The van der Waals surface area contributed by atoms with E-state index >= 15 is 0 Å². The molecule has 7 nitrogen and oxygen atoms in total. The van der Waals surface area contributed by atoms with E-state index in [2.05, 4.69) is 29.4 Å². The zero-order chi connectivity index (χ0) is 20.8. The standard InChI is InChI=1S/C21H24N4O3S/c1-14-9-10-16(11-15(14)2)28-12-19-23-24-21(25(19)3)29-13-20(26)22-17-7-5-6-8-18(17)27-4/h5-11H,12-13H2,1-4H3,(H,22,26). The second kappa shape index (κ2) is 9.47. The third-order valence-electron chi connectivity index (χ3n) is 4.48. The lowest BCUT2D eigenvalue weighted by Gasteiger charge is -2.10. The number of carbonyl (C=O) groups is 1. The summed E-state index contributed by atoms with van der Waals surface area (Å²) in [6.07, 6.45) is 0. The molecule has 0 saturated heterocycles. The number of benzene rings is 2. The Balaban J connectivity index is 1.55. The Kier molecular flexibility index (Phi) is 6.77. The molecular formula is C21H24N4O3S. The van der Waals surface area contributed by atoms with Crippen LogP contribution in [-0.4, -0.2) is 33.5 Å². The summed E-state index contributed by atoms with van der Waals surface area (Å²) in [5.74, 6) is 2.17. The molecule has 152 valence electrons. The average molecular weight is 413 g/mol. The van der Waals surface area contributed by atoms with Gasteiger partial charge >= 0.3 is 0 Å². The van der Waals surface area contributed by atoms with E-state index in [4.69, 9.17) is 9.47 Å². The van der Waals surface area contributed by atoms with Crippen LogP contribution in [0.4, 0.5) is 5.69 Å². The summed E-state index contributed by atoms with van der Waals surface area (Å²) in [7, 11) is 3.43. The summed E-state index contributed by atoms with van der Waals surface area (Å²) >= 11 is 1.32. The first-order valence-electron chi connectivity index (χ1n) is 9.12. The number of anilines is 1. The molecule has 0 aliphatic carbocycles. The number of amides is 1. The first-order chi connectivity index (χ1) is 14.0. The molecule has 0 aliphatic heterocycles. The first-order valence-corrected chi connectivity index (χ1v) is 10.1. The van der Waals surface area contributed by atoms with Gasteiger partial charge in [-0.25, -0.2) is 0 Å². The van der Waals surface area contributed by atoms with E-state index < -0.39 is 0 Å². The molecule has 2 aromatic carbocycles. The van der Waals surface area contributed by atoms with Crippen molar-refractivity contribution in [2.24, 2.45) is 7.05 Å². The van der Waals surface area contributed by atoms with Crippen molar-refractivity contribution in [2.75, 3.05) is 18.2 Å². The van der Waals surface area contributed by atoms with Crippen LogP contribution >= 0.6 is 11.8 Å². The normalized spacial score (nSPS) is 10.6. The molecule has 1 heterocycles. The lowest BCUT2D eigenvalue weighted by molar-refractivity contribution is -0.113. The minimum absolute atomic E-state index is 0.143. The van der Waals surface area contributed by atoms with Crippen molar-refractivity contribution >= 4 is 23.4 Å². The molecule has 0 aliphatic rings. The Bertz CT molecular complexity index is 1000. The van der Waals surface area contributed by atoms with Crippen LogP contribution < -0.4 is 14.8 Å². The number of nitrogens with one attached hydrogen (secondary N) is 1. The van der Waals surface area contributed by atoms with E-state index in [1.807, 2.05) is 41.9 Å². The number of hydrogen-bond acceptors (Lipinski definition) is 6. The van der Waals surface area contributed by atoms with Crippen LogP contribution in [0.3, 0.4) is 0 Å². The molecule has 0 fully saturated rings. The van der Waals surface area contributed by atoms with Crippen LogP contribution in [-0.2, 0) is 18.4 Å². The Morgan fingerprint density at radius 2 is 1.93 bits per heavy atom. The maximum Gasteiger partial charge on any atom is 0.234 e. The topological polar surface area (TPSA) is 78.3 Å². The summed E-state index contributed by atoms with van der Waals surface area (Å²) in [6, 6.07) is 13.3. The molecule has 3 rings (SSSR count). The second-order valence-corrected chi connectivity index (χ2v) is 7.47. The van der Waals surface area contributed by atoms with Crippen LogP contribution in [0.1, 0.15) is 17.0 Å². The van der Waals surface area contributed by atoms with Gasteiger partial charge in [0.15, 0.2) is 11.0 Å². The maximum atomic E-state index is 12.3. The number of methoxy groups -OCH3 is 1. The van der Waals surface area contributed by atoms with Gasteiger partial charge < -0.3 is 19.4 Å². The molecule has 3 aromatic rings. The van der Waals surface area contributed by atoms with Crippen molar-refractivity contribution in [3.63, 3.8) is 0 Å². The molecule has 0 atom stereocenters. The number of hydrogen-bond donors (Lipinski definition) is 1. The molecule has 0 saturated carbocycles. The molecule has 1 amide bonds. The zero-order valence-electron chi connectivity index (χ0n) is 16.9. The van der Waals surface area contributed by atoms with E-state index in [0.717, 1.165) is 5.75 Å². The second-order valence-electron chi connectivity index (χ2n) is 6.53. The van der Waals surface area contributed by atoms with Crippen molar-refractivity contribution in [2.45, 2.75) is 25.6 Å². The van der Waals surface area contributed by atoms with Crippen molar-refractivity contribution < 1.29 is 14.3 Å². The van der Waals surface area contributed by atoms with Gasteiger partial charge in [0.1, 0.15) is 18.1 Å². The number of para-hydroxylation sites is 2.